The van der Waals surface area contributed by atoms with Gasteiger partial charge in [0.05, 0.1) is 19.9 Å². The maximum atomic E-state index is 5.14. The van der Waals surface area contributed by atoms with Crippen LogP contribution in [0.25, 0.3) is 0 Å². The smallest absolute Gasteiger partial charge is 0.119 e. The Bertz CT molecular complexity index is 556. The maximum Gasteiger partial charge on any atom is 0.119 e. The highest BCUT2D eigenvalue weighted by Gasteiger charge is 1.99. The molecule has 0 saturated carbocycles. The number of ether oxygens (including phenoxy) is 2. The van der Waals surface area contributed by atoms with Gasteiger partial charge in [-0.15, -0.1) is 0 Å². The number of methoxy groups -OCH3 is 2. The maximum absolute atomic E-state index is 5.14. The zero-order valence-electron chi connectivity index (χ0n) is 11.4. The van der Waals surface area contributed by atoms with Gasteiger partial charge in [0.1, 0.15) is 11.5 Å². The predicted octanol–water partition coefficient (Wildman–Crippen LogP) is 3.84. The van der Waals surface area contributed by atoms with E-state index in [0.717, 1.165) is 28.5 Å². The van der Waals surface area contributed by atoms with E-state index in [1.54, 1.807) is 14.2 Å². The fourth-order valence-corrected chi connectivity index (χ4v) is 1.75. The summed E-state index contributed by atoms with van der Waals surface area (Å²) in [6.45, 7) is 1.99. The highest BCUT2D eigenvalue weighted by Crippen LogP contribution is 2.19. The second-order valence-electron chi connectivity index (χ2n) is 4.12. The first-order valence-corrected chi connectivity index (χ1v) is 6.06. The van der Waals surface area contributed by atoms with E-state index in [2.05, 4.69) is 4.99 Å². The molecule has 0 aliphatic heterocycles. The molecule has 19 heavy (non-hydrogen) atoms. The predicted molar refractivity (Wildman–Crippen MR) is 77.9 cm³/mol. The summed E-state index contributed by atoms with van der Waals surface area (Å²) in [5.74, 6) is 1.68. The number of aliphatic imine (C=N–C) groups is 1. The zero-order valence-corrected chi connectivity index (χ0v) is 11.4. The fraction of sp³-hybridized carbons (Fsp3) is 0.188. The van der Waals surface area contributed by atoms with E-state index in [0.29, 0.717) is 0 Å². The van der Waals surface area contributed by atoms with Crippen LogP contribution in [0.5, 0.6) is 11.5 Å². The van der Waals surface area contributed by atoms with E-state index in [1.807, 2.05) is 55.5 Å². The van der Waals surface area contributed by atoms with Crippen molar-refractivity contribution in [1.29, 1.82) is 0 Å². The van der Waals surface area contributed by atoms with Gasteiger partial charge in [0.25, 0.3) is 0 Å². The third-order valence-electron chi connectivity index (χ3n) is 2.88. The molecule has 0 aromatic heterocycles. The highest BCUT2D eigenvalue weighted by atomic mass is 16.5. The van der Waals surface area contributed by atoms with Crippen molar-refractivity contribution in [2.24, 2.45) is 4.99 Å². The molecule has 98 valence electrons. The number of rotatable bonds is 4. The first kappa shape index (κ1) is 13.1. The zero-order chi connectivity index (χ0) is 13.7. The van der Waals surface area contributed by atoms with Gasteiger partial charge in [-0.05, 0) is 61.0 Å². The van der Waals surface area contributed by atoms with Crippen LogP contribution < -0.4 is 9.47 Å². The average Bonchev–Trinajstić information content (AvgIpc) is 2.48. The minimum atomic E-state index is 0.834. The van der Waals surface area contributed by atoms with E-state index < -0.39 is 0 Å². The quantitative estimate of drug-likeness (QED) is 0.777. The summed E-state index contributed by atoms with van der Waals surface area (Å²) in [4.78, 5) is 4.58. The largest absolute Gasteiger partial charge is 0.497 e. The lowest BCUT2D eigenvalue weighted by molar-refractivity contribution is 0.414. The van der Waals surface area contributed by atoms with Gasteiger partial charge < -0.3 is 9.47 Å². The van der Waals surface area contributed by atoms with E-state index in [9.17, 15) is 0 Å². The van der Waals surface area contributed by atoms with Crippen molar-refractivity contribution in [2.45, 2.75) is 6.92 Å². The Balaban J connectivity index is 2.20. The van der Waals surface area contributed by atoms with Crippen LogP contribution in [0.15, 0.2) is 53.5 Å². The van der Waals surface area contributed by atoms with Crippen molar-refractivity contribution in [3.8, 4) is 11.5 Å². The molecule has 2 aromatic rings. The lowest BCUT2D eigenvalue weighted by atomic mass is 10.1. The Kier molecular flexibility index (Phi) is 4.18. The molecule has 0 aliphatic rings. The standard InChI is InChI=1S/C16H17NO2/c1-12(13-4-8-15(18-2)9-5-13)17-14-6-10-16(19-3)11-7-14/h4-11H,1-3H3. The molecule has 0 amide bonds. The van der Waals surface area contributed by atoms with Crippen molar-refractivity contribution in [1.82, 2.24) is 0 Å². The van der Waals surface area contributed by atoms with Gasteiger partial charge >= 0.3 is 0 Å². The van der Waals surface area contributed by atoms with Crippen LogP contribution in [0.3, 0.4) is 0 Å². The minimum absolute atomic E-state index is 0.834. The summed E-state index contributed by atoms with van der Waals surface area (Å²) in [6.07, 6.45) is 0. The molecule has 3 heteroatoms. The number of hydrogen-bond donors (Lipinski definition) is 0. The molecule has 0 N–H and O–H groups in total. The molecule has 0 atom stereocenters. The number of nitrogens with zero attached hydrogens (tertiary/aromatic N) is 1. The summed E-state index contributed by atoms with van der Waals surface area (Å²) in [5, 5.41) is 0. The first-order chi connectivity index (χ1) is 9.22. The van der Waals surface area contributed by atoms with Crippen molar-refractivity contribution in [2.75, 3.05) is 14.2 Å². The summed E-state index contributed by atoms with van der Waals surface area (Å²) in [6, 6.07) is 15.5. The van der Waals surface area contributed by atoms with Crippen molar-refractivity contribution in [3.05, 3.63) is 54.1 Å². The van der Waals surface area contributed by atoms with Gasteiger partial charge in [-0.2, -0.15) is 0 Å². The second-order valence-corrected chi connectivity index (χ2v) is 4.12. The third-order valence-corrected chi connectivity index (χ3v) is 2.88. The molecule has 0 aliphatic carbocycles. The van der Waals surface area contributed by atoms with Gasteiger partial charge in [0, 0.05) is 5.71 Å². The molecule has 0 fully saturated rings. The molecule has 0 spiro atoms. The molecule has 0 unspecified atom stereocenters. The lowest BCUT2D eigenvalue weighted by Gasteiger charge is -2.04. The Morgan fingerprint density at radius 3 is 1.74 bits per heavy atom. The molecule has 0 heterocycles. The van der Waals surface area contributed by atoms with Gasteiger partial charge in [0.15, 0.2) is 0 Å². The molecule has 2 rings (SSSR count). The van der Waals surface area contributed by atoms with Crippen molar-refractivity contribution in [3.63, 3.8) is 0 Å². The molecule has 3 nitrogen and oxygen atoms in total. The Hall–Kier alpha value is -2.29. The van der Waals surface area contributed by atoms with E-state index in [-0.39, 0.29) is 0 Å². The monoisotopic (exact) mass is 255 g/mol. The van der Waals surface area contributed by atoms with Crippen LogP contribution in [0.4, 0.5) is 5.69 Å². The van der Waals surface area contributed by atoms with Crippen LogP contribution in [-0.4, -0.2) is 19.9 Å². The summed E-state index contributed by atoms with van der Waals surface area (Å²) in [7, 11) is 3.31. The molecule has 0 saturated heterocycles. The van der Waals surface area contributed by atoms with Crippen LogP contribution >= 0.6 is 0 Å². The Morgan fingerprint density at radius 1 is 0.789 bits per heavy atom. The van der Waals surface area contributed by atoms with Crippen LogP contribution in [-0.2, 0) is 0 Å². The van der Waals surface area contributed by atoms with Crippen LogP contribution in [0.1, 0.15) is 12.5 Å². The third kappa shape index (κ3) is 3.35. The highest BCUT2D eigenvalue weighted by molar-refractivity contribution is 6.00. The second kappa shape index (κ2) is 6.05. The molecular weight excluding hydrogens is 238 g/mol. The average molecular weight is 255 g/mol. The fourth-order valence-electron chi connectivity index (χ4n) is 1.75. The molecule has 2 aromatic carbocycles. The minimum Gasteiger partial charge on any atom is -0.497 e. The Labute approximate surface area is 113 Å². The van der Waals surface area contributed by atoms with Gasteiger partial charge in [-0.3, -0.25) is 4.99 Å². The van der Waals surface area contributed by atoms with E-state index in [1.165, 1.54) is 0 Å². The van der Waals surface area contributed by atoms with E-state index in [4.69, 9.17) is 9.47 Å². The number of hydrogen-bond acceptors (Lipinski definition) is 3. The Morgan fingerprint density at radius 2 is 1.26 bits per heavy atom. The van der Waals surface area contributed by atoms with Crippen molar-refractivity contribution >= 4 is 11.4 Å². The lowest BCUT2D eigenvalue weighted by Crippen LogP contribution is -1.94. The molecular formula is C16H17NO2. The molecule has 0 bridgehead atoms. The summed E-state index contributed by atoms with van der Waals surface area (Å²) in [5.41, 5.74) is 2.96. The topological polar surface area (TPSA) is 30.8 Å². The van der Waals surface area contributed by atoms with Crippen LogP contribution in [0.2, 0.25) is 0 Å². The summed E-state index contributed by atoms with van der Waals surface area (Å²) < 4.78 is 10.3. The normalized spacial score (nSPS) is 11.2. The van der Waals surface area contributed by atoms with Gasteiger partial charge in [-0.1, -0.05) is 0 Å². The van der Waals surface area contributed by atoms with Crippen LogP contribution in [0, 0.1) is 0 Å². The summed E-state index contributed by atoms with van der Waals surface area (Å²) >= 11 is 0. The van der Waals surface area contributed by atoms with Crippen molar-refractivity contribution < 1.29 is 9.47 Å². The van der Waals surface area contributed by atoms with Gasteiger partial charge in [-0.25, -0.2) is 0 Å². The van der Waals surface area contributed by atoms with E-state index >= 15 is 0 Å². The molecule has 0 radical (unpaired) electrons. The number of benzene rings is 2. The first-order valence-electron chi connectivity index (χ1n) is 6.06. The van der Waals surface area contributed by atoms with Gasteiger partial charge in [0.2, 0.25) is 0 Å². The SMILES string of the molecule is COc1ccc(N=C(C)c2ccc(OC)cc2)cc1.